The molecular formula is C13H17F3N2O3S. The average Bonchev–Trinajstić information content (AvgIpc) is 2.66. The molecule has 0 spiro atoms. The fourth-order valence-corrected chi connectivity index (χ4v) is 2.68. The molecule has 0 radical (unpaired) electrons. The number of aromatic nitrogens is 1. The molecular weight excluding hydrogens is 321 g/mol. The third kappa shape index (κ3) is 5.63. The highest BCUT2D eigenvalue weighted by molar-refractivity contribution is 7.13. The summed E-state index contributed by atoms with van der Waals surface area (Å²) < 4.78 is 37.0. The first-order valence-electron chi connectivity index (χ1n) is 6.56. The van der Waals surface area contributed by atoms with E-state index in [9.17, 15) is 22.8 Å². The van der Waals surface area contributed by atoms with Gasteiger partial charge in [0.25, 0.3) is 5.91 Å². The smallest absolute Gasteiger partial charge is 0.391 e. The van der Waals surface area contributed by atoms with Gasteiger partial charge in [0.15, 0.2) is 0 Å². The van der Waals surface area contributed by atoms with Crippen molar-refractivity contribution in [2.75, 3.05) is 0 Å². The Kier molecular flexibility index (Phi) is 5.92. The van der Waals surface area contributed by atoms with Gasteiger partial charge in [0.1, 0.15) is 10.9 Å². The Bertz CT molecular complexity index is 555. The van der Waals surface area contributed by atoms with Crippen LogP contribution >= 0.6 is 11.3 Å². The zero-order chi connectivity index (χ0) is 17.1. The first-order valence-corrected chi connectivity index (χ1v) is 7.38. The van der Waals surface area contributed by atoms with Crippen molar-refractivity contribution in [1.82, 2.24) is 10.3 Å². The fourth-order valence-electron chi connectivity index (χ4n) is 1.83. The SMILES string of the molecule is Cc1nc(CC(C)C)c(C(=O)NC(CC(F)(F)F)C(=O)O)s1. The molecule has 0 saturated carbocycles. The molecule has 1 rings (SSSR count). The molecule has 1 atom stereocenters. The predicted molar refractivity (Wildman–Crippen MR) is 75.0 cm³/mol. The minimum atomic E-state index is -4.68. The van der Waals surface area contributed by atoms with Crippen LogP contribution in [0.3, 0.4) is 0 Å². The van der Waals surface area contributed by atoms with Crippen molar-refractivity contribution in [3.63, 3.8) is 0 Å². The van der Waals surface area contributed by atoms with Gasteiger partial charge >= 0.3 is 12.1 Å². The van der Waals surface area contributed by atoms with Gasteiger partial charge in [-0.25, -0.2) is 9.78 Å². The molecule has 1 amide bonds. The highest BCUT2D eigenvalue weighted by Gasteiger charge is 2.36. The molecule has 1 unspecified atom stereocenters. The van der Waals surface area contributed by atoms with E-state index in [-0.39, 0.29) is 10.8 Å². The molecule has 1 aromatic heterocycles. The van der Waals surface area contributed by atoms with Crippen LogP contribution in [0, 0.1) is 12.8 Å². The molecule has 2 N–H and O–H groups in total. The van der Waals surface area contributed by atoms with Crippen LogP contribution < -0.4 is 5.32 Å². The van der Waals surface area contributed by atoms with Crippen LogP contribution in [0.25, 0.3) is 0 Å². The highest BCUT2D eigenvalue weighted by Crippen LogP contribution is 2.24. The molecule has 9 heteroatoms. The second-order valence-electron chi connectivity index (χ2n) is 5.29. The van der Waals surface area contributed by atoms with E-state index in [2.05, 4.69) is 4.98 Å². The Morgan fingerprint density at radius 2 is 1.95 bits per heavy atom. The topological polar surface area (TPSA) is 79.3 Å². The minimum Gasteiger partial charge on any atom is -0.480 e. The Labute approximate surface area is 129 Å². The zero-order valence-electron chi connectivity index (χ0n) is 12.3. The number of nitrogens with one attached hydrogen (secondary N) is 1. The highest BCUT2D eigenvalue weighted by atomic mass is 32.1. The summed E-state index contributed by atoms with van der Waals surface area (Å²) in [4.78, 5) is 27.3. The molecule has 124 valence electrons. The predicted octanol–water partition coefficient (Wildman–Crippen LogP) is 2.79. The maximum absolute atomic E-state index is 12.3. The van der Waals surface area contributed by atoms with Crippen LogP contribution in [-0.4, -0.2) is 34.2 Å². The van der Waals surface area contributed by atoms with Gasteiger partial charge in [-0.1, -0.05) is 13.8 Å². The second kappa shape index (κ2) is 7.08. The van der Waals surface area contributed by atoms with Crippen LogP contribution in [0.1, 0.15) is 40.6 Å². The Morgan fingerprint density at radius 3 is 2.41 bits per heavy atom. The number of aliphatic carboxylic acids is 1. The summed E-state index contributed by atoms with van der Waals surface area (Å²) in [5, 5.41) is 11.4. The minimum absolute atomic E-state index is 0.166. The maximum atomic E-state index is 12.3. The fraction of sp³-hybridized carbons (Fsp3) is 0.615. The Hall–Kier alpha value is -1.64. The number of amides is 1. The zero-order valence-corrected chi connectivity index (χ0v) is 13.1. The van der Waals surface area contributed by atoms with E-state index in [0.717, 1.165) is 11.3 Å². The molecule has 0 bridgehead atoms. The summed E-state index contributed by atoms with van der Waals surface area (Å²) in [5.74, 6) is -2.35. The van der Waals surface area contributed by atoms with Crippen LogP contribution in [0.5, 0.6) is 0 Å². The summed E-state index contributed by atoms with van der Waals surface area (Å²) in [6.07, 6.45) is -5.81. The van der Waals surface area contributed by atoms with Gasteiger partial charge in [0.2, 0.25) is 0 Å². The first kappa shape index (κ1) is 18.4. The van der Waals surface area contributed by atoms with Crippen molar-refractivity contribution in [1.29, 1.82) is 0 Å². The number of hydrogen-bond donors (Lipinski definition) is 2. The van der Waals surface area contributed by atoms with Crippen molar-refractivity contribution in [3.8, 4) is 0 Å². The molecule has 0 aliphatic heterocycles. The van der Waals surface area contributed by atoms with Crippen molar-refractivity contribution in [2.45, 2.75) is 45.8 Å². The van der Waals surface area contributed by atoms with Gasteiger partial charge in [-0.15, -0.1) is 11.3 Å². The quantitative estimate of drug-likeness (QED) is 0.836. The number of carbonyl (C=O) groups is 2. The lowest BCUT2D eigenvalue weighted by Gasteiger charge is -2.16. The third-order valence-electron chi connectivity index (χ3n) is 2.65. The second-order valence-corrected chi connectivity index (χ2v) is 6.49. The van der Waals surface area contributed by atoms with Crippen molar-refractivity contribution in [2.24, 2.45) is 5.92 Å². The molecule has 1 aromatic rings. The lowest BCUT2D eigenvalue weighted by Crippen LogP contribution is -2.43. The summed E-state index contributed by atoms with van der Waals surface area (Å²) >= 11 is 1.04. The molecule has 5 nitrogen and oxygen atoms in total. The van der Waals surface area contributed by atoms with Gasteiger partial charge in [-0.3, -0.25) is 4.79 Å². The Morgan fingerprint density at radius 1 is 1.36 bits per heavy atom. The number of hydrogen-bond acceptors (Lipinski definition) is 4. The van der Waals surface area contributed by atoms with Gasteiger partial charge in [0, 0.05) is 0 Å². The number of nitrogens with zero attached hydrogens (tertiary/aromatic N) is 1. The van der Waals surface area contributed by atoms with Crippen LogP contribution in [0.4, 0.5) is 13.2 Å². The molecule has 0 aromatic carbocycles. The number of alkyl halides is 3. The van der Waals surface area contributed by atoms with Gasteiger partial charge in [-0.2, -0.15) is 13.2 Å². The van der Waals surface area contributed by atoms with Crippen molar-refractivity contribution >= 4 is 23.2 Å². The lowest BCUT2D eigenvalue weighted by atomic mass is 10.1. The van der Waals surface area contributed by atoms with Crippen LogP contribution in [0.2, 0.25) is 0 Å². The normalized spacial score (nSPS) is 13.2. The average molecular weight is 338 g/mol. The van der Waals surface area contributed by atoms with E-state index in [1.807, 2.05) is 19.2 Å². The largest absolute Gasteiger partial charge is 0.480 e. The van der Waals surface area contributed by atoms with Gasteiger partial charge < -0.3 is 10.4 Å². The number of carboxylic acid groups (broad SMARTS) is 1. The van der Waals surface area contributed by atoms with Gasteiger partial charge in [0.05, 0.1) is 17.1 Å². The number of carboxylic acids is 1. The molecule has 0 saturated heterocycles. The van der Waals surface area contributed by atoms with Gasteiger partial charge in [-0.05, 0) is 19.3 Å². The molecule has 0 fully saturated rings. The summed E-state index contributed by atoms with van der Waals surface area (Å²) in [6.45, 7) is 5.51. The van der Waals surface area contributed by atoms with E-state index in [4.69, 9.17) is 5.11 Å². The summed E-state index contributed by atoms with van der Waals surface area (Å²) in [6, 6.07) is -2.01. The van der Waals surface area contributed by atoms with Crippen molar-refractivity contribution < 1.29 is 27.9 Å². The number of aryl methyl sites for hydroxylation is 1. The summed E-state index contributed by atoms with van der Waals surface area (Å²) in [5.41, 5.74) is 0.478. The number of rotatable bonds is 6. The molecule has 0 aliphatic rings. The molecule has 0 aliphatic carbocycles. The monoisotopic (exact) mass is 338 g/mol. The number of carbonyl (C=O) groups excluding carboxylic acids is 1. The van der Waals surface area contributed by atoms with Crippen molar-refractivity contribution in [3.05, 3.63) is 15.6 Å². The summed E-state index contributed by atoms with van der Waals surface area (Å²) in [7, 11) is 0. The third-order valence-corrected chi connectivity index (χ3v) is 3.66. The molecule has 22 heavy (non-hydrogen) atoms. The van der Waals surface area contributed by atoms with Crippen LogP contribution in [0.15, 0.2) is 0 Å². The van der Waals surface area contributed by atoms with E-state index >= 15 is 0 Å². The molecule has 1 heterocycles. The number of halogens is 3. The van der Waals surface area contributed by atoms with E-state index in [1.54, 1.807) is 6.92 Å². The first-order chi connectivity index (χ1) is 9.99. The lowest BCUT2D eigenvalue weighted by molar-refractivity contribution is -0.157. The van der Waals surface area contributed by atoms with E-state index < -0.39 is 30.5 Å². The number of thiazole rings is 1. The standard InChI is InChI=1S/C13H17F3N2O3S/c1-6(2)4-8-10(22-7(3)17-8)11(19)18-9(12(20)21)5-13(14,15)16/h6,9H,4-5H2,1-3H3,(H,18,19)(H,20,21). The Balaban J connectivity index is 2.93. The van der Waals surface area contributed by atoms with Crippen LogP contribution in [-0.2, 0) is 11.2 Å². The van der Waals surface area contributed by atoms with E-state index in [0.29, 0.717) is 17.1 Å². The van der Waals surface area contributed by atoms with E-state index in [1.165, 1.54) is 0 Å². The maximum Gasteiger partial charge on any atom is 0.391 e.